The summed E-state index contributed by atoms with van der Waals surface area (Å²) in [6.45, 7) is -0.153. The largest absolute Gasteiger partial charge is 0.325 e. The van der Waals surface area contributed by atoms with E-state index in [1.165, 1.54) is 19.3 Å². The normalized spacial score (nSPS) is 49.8. The molecule has 10 heavy (non-hydrogen) atoms. The van der Waals surface area contributed by atoms with Crippen LogP contribution in [0.2, 0.25) is 0 Å². The van der Waals surface area contributed by atoms with E-state index in [1.54, 1.807) is 0 Å². The second-order valence-electron chi connectivity index (χ2n) is 4.19. The van der Waals surface area contributed by atoms with E-state index < -0.39 is 0 Å². The van der Waals surface area contributed by atoms with Crippen molar-refractivity contribution in [2.24, 2.45) is 11.1 Å². The molecule has 2 bridgehead atoms. The molecule has 0 atom stereocenters. The average molecular weight is 143 g/mol. The molecule has 3 rings (SSSR count). The number of hydrogen-bond acceptors (Lipinski definition) is 1. The molecule has 1 nitrogen and oxygen atoms in total. The monoisotopic (exact) mass is 143 g/mol. The van der Waals surface area contributed by atoms with Crippen LogP contribution in [0.1, 0.15) is 32.1 Å². The van der Waals surface area contributed by atoms with Gasteiger partial charge < -0.3 is 5.73 Å². The predicted octanol–water partition coefficient (Wildman–Crippen LogP) is 1.62. The SMILES string of the molecule is NC12CC(CCCF)(C1)C2. The zero-order chi connectivity index (χ0) is 7.24. The fourth-order valence-corrected chi connectivity index (χ4v) is 2.79. The van der Waals surface area contributed by atoms with Gasteiger partial charge in [-0.1, -0.05) is 0 Å². The fourth-order valence-electron chi connectivity index (χ4n) is 2.79. The van der Waals surface area contributed by atoms with Crippen molar-refractivity contribution in [1.82, 2.24) is 0 Å². The van der Waals surface area contributed by atoms with Crippen molar-refractivity contribution in [3.8, 4) is 0 Å². The van der Waals surface area contributed by atoms with Crippen molar-refractivity contribution in [1.29, 1.82) is 0 Å². The van der Waals surface area contributed by atoms with Crippen LogP contribution >= 0.6 is 0 Å². The highest BCUT2D eigenvalue weighted by Crippen LogP contribution is 2.67. The first-order valence-electron chi connectivity index (χ1n) is 4.03. The molecule has 0 spiro atoms. The minimum absolute atomic E-state index is 0.153. The molecule has 0 unspecified atom stereocenters. The van der Waals surface area contributed by atoms with Gasteiger partial charge >= 0.3 is 0 Å². The maximum absolute atomic E-state index is 11.8. The Kier molecular flexibility index (Phi) is 1.14. The first-order valence-corrected chi connectivity index (χ1v) is 4.03. The average Bonchev–Trinajstić information content (AvgIpc) is 1.75. The van der Waals surface area contributed by atoms with Gasteiger partial charge in [0.2, 0.25) is 0 Å². The number of nitrogens with two attached hydrogens (primary N) is 1. The van der Waals surface area contributed by atoms with Crippen molar-refractivity contribution >= 4 is 0 Å². The Morgan fingerprint density at radius 1 is 1.30 bits per heavy atom. The van der Waals surface area contributed by atoms with Gasteiger partial charge in [-0.3, -0.25) is 4.39 Å². The minimum atomic E-state index is -0.153. The molecule has 2 N–H and O–H groups in total. The number of rotatable bonds is 3. The van der Waals surface area contributed by atoms with Gasteiger partial charge in [0.05, 0.1) is 6.67 Å². The smallest absolute Gasteiger partial charge is 0.0894 e. The lowest BCUT2D eigenvalue weighted by Crippen LogP contribution is -2.71. The number of alkyl halides is 1. The lowest BCUT2D eigenvalue weighted by Gasteiger charge is -2.69. The first-order chi connectivity index (χ1) is 4.68. The Morgan fingerprint density at radius 3 is 2.30 bits per heavy atom. The van der Waals surface area contributed by atoms with E-state index in [-0.39, 0.29) is 12.2 Å². The first kappa shape index (κ1) is 6.59. The molecule has 0 saturated heterocycles. The predicted molar refractivity (Wildman–Crippen MR) is 38.4 cm³/mol. The molecule has 3 aliphatic rings. The molecular formula is C8H14FN. The summed E-state index contributed by atoms with van der Waals surface area (Å²) in [6, 6.07) is 0. The molecule has 0 radical (unpaired) electrons. The fraction of sp³-hybridized carbons (Fsp3) is 1.00. The minimum Gasteiger partial charge on any atom is -0.325 e. The Hall–Kier alpha value is -0.110. The highest BCUT2D eigenvalue weighted by molar-refractivity contribution is 5.20. The van der Waals surface area contributed by atoms with Crippen molar-refractivity contribution in [2.75, 3.05) is 6.67 Å². The van der Waals surface area contributed by atoms with Crippen LogP contribution in [0, 0.1) is 5.41 Å². The Morgan fingerprint density at radius 2 is 1.90 bits per heavy atom. The molecule has 3 aliphatic carbocycles. The number of hydrogen-bond donors (Lipinski definition) is 1. The number of halogens is 1. The van der Waals surface area contributed by atoms with E-state index in [0.29, 0.717) is 5.41 Å². The summed E-state index contributed by atoms with van der Waals surface area (Å²) in [7, 11) is 0. The van der Waals surface area contributed by atoms with Crippen LogP contribution in [0.5, 0.6) is 0 Å². The molecule has 0 aliphatic heterocycles. The van der Waals surface area contributed by atoms with Crippen LogP contribution in [0.3, 0.4) is 0 Å². The van der Waals surface area contributed by atoms with E-state index in [0.717, 1.165) is 12.8 Å². The topological polar surface area (TPSA) is 26.0 Å². The van der Waals surface area contributed by atoms with Crippen molar-refractivity contribution in [2.45, 2.75) is 37.6 Å². The van der Waals surface area contributed by atoms with Gasteiger partial charge in [0.25, 0.3) is 0 Å². The maximum atomic E-state index is 11.8. The van der Waals surface area contributed by atoms with E-state index >= 15 is 0 Å². The standard InChI is InChI=1S/C8H14FN/c9-3-1-2-7-4-8(10,5-7)6-7/h1-6,10H2. The van der Waals surface area contributed by atoms with Gasteiger partial charge in [-0.25, -0.2) is 0 Å². The maximum Gasteiger partial charge on any atom is 0.0894 e. The molecule has 0 aromatic rings. The van der Waals surface area contributed by atoms with Crippen LogP contribution in [0.25, 0.3) is 0 Å². The summed E-state index contributed by atoms with van der Waals surface area (Å²) in [4.78, 5) is 0. The zero-order valence-electron chi connectivity index (χ0n) is 6.20. The van der Waals surface area contributed by atoms with E-state index in [2.05, 4.69) is 0 Å². The quantitative estimate of drug-likeness (QED) is 0.638. The summed E-state index contributed by atoms with van der Waals surface area (Å²) in [5.74, 6) is 0. The Labute approximate surface area is 60.8 Å². The highest BCUT2D eigenvalue weighted by atomic mass is 19.1. The zero-order valence-corrected chi connectivity index (χ0v) is 6.20. The summed E-state index contributed by atoms with van der Waals surface area (Å²) >= 11 is 0. The Balaban J connectivity index is 1.77. The molecule has 2 heteroatoms. The lowest BCUT2D eigenvalue weighted by atomic mass is 9.39. The molecular weight excluding hydrogens is 129 g/mol. The van der Waals surface area contributed by atoms with E-state index in [4.69, 9.17) is 5.73 Å². The lowest BCUT2D eigenvalue weighted by molar-refractivity contribution is -0.137. The van der Waals surface area contributed by atoms with Crippen LogP contribution in [-0.2, 0) is 0 Å². The molecule has 3 fully saturated rings. The van der Waals surface area contributed by atoms with Crippen LogP contribution < -0.4 is 5.73 Å². The van der Waals surface area contributed by atoms with Crippen LogP contribution in [0.4, 0.5) is 4.39 Å². The summed E-state index contributed by atoms with van der Waals surface area (Å²) < 4.78 is 11.8. The van der Waals surface area contributed by atoms with Crippen molar-refractivity contribution in [3.05, 3.63) is 0 Å². The second-order valence-corrected chi connectivity index (χ2v) is 4.19. The van der Waals surface area contributed by atoms with Crippen LogP contribution in [-0.4, -0.2) is 12.2 Å². The van der Waals surface area contributed by atoms with Gasteiger partial charge in [-0.15, -0.1) is 0 Å². The molecule has 0 amide bonds. The highest BCUT2D eigenvalue weighted by Gasteiger charge is 2.64. The molecule has 3 saturated carbocycles. The molecule has 0 aromatic heterocycles. The third-order valence-corrected chi connectivity index (χ3v) is 3.02. The summed E-state index contributed by atoms with van der Waals surface area (Å²) in [5, 5.41) is 0. The van der Waals surface area contributed by atoms with Crippen molar-refractivity contribution < 1.29 is 4.39 Å². The third kappa shape index (κ3) is 0.715. The Bertz CT molecular complexity index is 136. The molecule has 0 heterocycles. The van der Waals surface area contributed by atoms with Gasteiger partial charge in [0.1, 0.15) is 0 Å². The molecule has 0 aromatic carbocycles. The van der Waals surface area contributed by atoms with Gasteiger partial charge in [0, 0.05) is 5.54 Å². The van der Waals surface area contributed by atoms with E-state index in [1.807, 2.05) is 0 Å². The van der Waals surface area contributed by atoms with E-state index in [9.17, 15) is 4.39 Å². The van der Waals surface area contributed by atoms with Crippen LogP contribution in [0.15, 0.2) is 0 Å². The summed E-state index contributed by atoms with van der Waals surface area (Å²) in [5.41, 5.74) is 6.57. The van der Waals surface area contributed by atoms with Gasteiger partial charge in [-0.05, 0) is 37.5 Å². The third-order valence-electron chi connectivity index (χ3n) is 3.02. The second kappa shape index (κ2) is 1.73. The molecule has 58 valence electrons. The van der Waals surface area contributed by atoms with Gasteiger partial charge in [-0.2, -0.15) is 0 Å². The van der Waals surface area contributed by atoms with Gasteiger partial charge in [0.15, 0.2) is 0 Å². The van der Waals surface area contributed by atoms with Crippen molar-refractivity contribution in [3.63, 3.8) is 0 Å². The summed E-state index contributed by atoms with van der Waals surface area (Å²) in [6.07, 6.45) is 5.32.